The number of rotatable bonds is 10. The van der Waals surface area contributed by atoms with E-state index in [2.05, 4.69) is 21.4 Å². The van der Waals surface area contributed by atoms with E-state index in [1.54, 1.807) is 13.3 Å². The molecule has 0 amide bonds. The van der Waals surface area contributed by atoms with Gasteiger partial charge in [0.2, 0.25) is 0 Å². The fourth-order valence-electron chi connectivity index (χ4n) is 2.86. The van der Waals surface area contributed by atoms with E-state index in [0.717, 1.165) is 61.9 Å². The highest BCUT2D eigenvalue weighted by Gasteiger charge is 2.20. The Kier molecular flexibility index (Phi) is 9.01. The molecule has 27 heavy (non-hydrogen) atoms. The zero-order chi connectivity index (χ0) is 19.5. The van der Waals surface area contributed by atoms with Crippen LogP contribution in [-0.2, 0) is 14.2 Å². The van der Waals surface area contributed by atoms with Gasteiger partial charge in [-0.05, 0) is 39.3 Å². The first kappa shape index (κ1) is 21.1. The Morgan fingerprint density at radius 3 is 3.00 bits per heavy atom. The average Bonchev–Trinajstić information content (AvgIpc) is 2.68. The predicted octanol–water partition coefficient (Wildman–Crippen LogP) is 3.53. The molecule has 0 saturated carbocycles. The first-order valence-corrected chi connectivity index (χ1v) is 9.40. The smallest absolute Gasteiger partial charge is 0.116 e. The summed E-state index contributed by atoms with van der Waals surface area (Å²) in [4.78, 5) is 10.9. The largest absolute Gasteiger partial charge is 0.501 e. The maximum atomic E-state index is 5.93. The number of ether oxygens (including phenoxy) is 3. The number of methoxy groups -OCH3 is 1. The van der Waals surface area contributed by atoms with Crippen LogP contribution in [0, 0.1) is 0 Å². The Bertz CT molecular complexity index is 658. The quantitative estimate of drug-likeness (QED) is 0.355. The van der Waals surface area contributed by atoms with E-state index < -0.39 is 0 Å². The monoisotopic (exact) mass is 373 g/mol. The van der Waals surface area contributed by atoms with Crippen molar-refractivity contribution in [3.63, 3.8) is 0 Å². The van der Waals surface area contributed by atoms with Gasteiger partial charge in [0.1, 0.15) is 19.0 Å². The SMILES string of the molecule is C=CCCCN1CCOC(CO/C(C)=C/c2ncncc2/C=C(\C)OC)C1. The van der Waals surface area contributed by atoms with Crippen LogP contribution < -0.4 is 0 Å². The third-order valence-corrected chi connectivity index (χ3v) is 4.40. The third kappa shape index (κ3) is 7.53. The average molecular weight is 373 g/mol. The summed E-state index contributed by atoms with van der Waals surface area (Å²) in [6.07, 6.45) is 11.4. The van der Waals surface area contributed by atoms with Crippen LogP contribution in [0.3, 0.4) is 0 Å². The van der Waals surface area contributed by atoms with Crippen molar-refractivity contribution in [3.8, 4) is 0 Å². The predicted molar refractivity (Wildman–Crippen MR) is 108 cm³/mol. The Morgan fingerprint density at radius 2 is 2.22 bits per heavy atom. The molecule has 0 N–H and O–H groups in total. The van der Waals surface area contributed by atoms with Crippen LogP contribution in [0.2, 0.25) is 0 Å². The van der Waals surface area contributed by atoms with Gasteiger partial charge in [0.05, 0.1) is 30.9 Å². The van der Waals surface area contributed by atoms with Gasteiger partial charge in [-0.25, -0.2) is 9.97 Å². The molecule has 1 unspecified atom stereocenters. The van der Waals surface area contributed by atoms with Crippen LogP contribution in [0.15, 0.2) is 36.7 Å². The van der Waals surface area contributed by atoms with E-state index in [0.29, 0.717) is 6.61 Å². The minimum Gasteiger partial charge on any atom is -0.501 e. The summed E-state index contributed by atoms with van der Waals surface area (Å²) in [6, 6.07) is 0. The first-order valence-electron chi connectivity index (χ1n) is 9.40. The highest BCUT2D eigenvalue weighted by molar-refractivity contribution is 5.62. The Hall–Kier alpha value is -2.18. The number of hydrogen-bond acceptors (Lipinski definition) is 6. The van der Waals surface area contributed by atoms with Gasteiger partial charge >= 0.3 is 0 Å². The molecule has 1 aromatic heterocycles. The summed E-state index contributed by atoms with van der Waals surface area (Å²) < 4.78 is 17.0. The molecule has 1 aliphatic heterocycles. The van der Waals surface area contributed by atoms with Gasteiger partial charge in [-0.2, -0.15) is 0 Å². The van der Waals surface area contributed by atoms with Crippen LogP contribution >= 0.6 is 0 Å². The number of unbranched alkanes of at least 4 members (excludes halogenated alkanes) is 1. The minimum atomic E-state index is 0.0892. The van der Waals surface area contributed by atoms with Gasteiger partial charge in [-0.15, -0.1) is 6.58 Å². The maximum Gasteiger partial charge on any atom is 0.116 e. The van der Waals surface area contributed by atoms with Crippen molar-refractivity contribution in [1.29, 1.82) is 0 Å². The van der Waals surface area contributed by atoms with Gasteiger partial charge in [0.25, 0.3) is 0 Å². The van der Waals surface area contributed by atoms with Gasteiger partial charge in [0, 0.05) is 30.9 Å². The third-order valence-electron chi connectivity index (χ3n) is 4.40. The van der Waals surface area contributed by atoms with Crippen molar-refractivity contribution in [2.45, 2.75) is 32.8 Å². The molecule has 1 atom stereocenters. The number of aromatic nitrogens is 2. The van der Waals surface area contributed by atoms with Gasteiger partial charge in [0.15, 0.2) is 0 Å². The lowest BCUT2D eigenvalue weighted by Gasteiger charge is -2.32. The van der Waals surface area contributed by atoms with E-state index in [-0.39, 0.29) is 6.10 Å². The van der Waals surface area contributed by atoms with Crippen LogP contribution in [0.25, 0.3) is 12.2 Å². The minimum absolute atomic E-state index is 0.0892. The molecule has 148 valence electrons. The van der Waals surface area contributed by atoms with Crippen LogP contribution in [0.4, 0.5) is 0 Å². The molecule has 0 bridgehead atoms. The lowest BCUT2D eigenvalue weighted by molar-refractivity contribution is -0.0581. The Balaban J connectivity index is 1.90. The summed E-state index contributed by atoms with van der Waals surface area (Å²) in [5.41, 5.74) is 1.69. The molecule has 6 nitrogen and oxygen atoms in total. The number of morpholine rings is 1. The molecule has 6 heteroatoms. The van der Waals surface area contributed by atoms with E-state index in [4.69, 9.17) is 14.2 Å². The highest BCUT2D eigenvalue weighted by Crippen LogP contribution is 2.15. The van der Waals surface area contributed by atoms with Crippen molar-refractivity contribution >= 4 is 12.2 Å². The van der Waals surface area contributed by atoms with Gasteiger partial charge in [-0.1, -0.05) is 6.08 Å². The number of hydrogen-bond donors (Lipinski definition) is 0. The molecule has 1 aliphatic rings. The Labute approximate surface area is 162 Å². The van der Waals surface area contributed by atoms with Crippen molar-refractivity contribution in [2.75, 3.05) is 40.0 Å². The molecular weight excluding hydrogens is 342 g/mol. The topological polar surface area (TPSA) is 56.7 Å². The van der Waals surface area contributed by atoms with Crippen molar-refractivity contribution in [2.24, 2.45) is 0 Å². The zero-order valence-corrected chi connectivity index (χ0v) is 16.7. The van der Waals surface area contributed by atoms with Gasteiger partial charge < -0.3 is 14.2 Å². The van der Waals surface area contributed by atoms with Crippen molar-refractivity contribution in [3.05, 3.63) is 48.0 Å². The second-order valence-corrected chi connectivity index (χ2v) is 6.61. The molecule has 2 heterocycles. The lowest BCUT2D eigenvalue weighted by Crippen LogP contribution is -2.44. The lowest BCUT2D eigenvalue weighted by atomic mass is 10.2. The fourth-order valence-corrected chi connectivity index (χ4v) is 2.86. The summed E-state index contributed by atoms with van der Waals surface area (Å²) >= 11 is 0. The zero-order valence-electron chi connectivity index (χ0n) is 16.7. The second-order valence-electron chi connectivity index (χ2n) is 6.61. The summed E-state index contributed by atoms with van der Waals surface area (Å²) in [5, 5.41) is 0. The summed E-state index contributed by atoms with van der Waals surface area (Å²) in [7, 11) is 1.64. The molecule has 2 rings (SSSR count). The molecule has 0 aliphatic carbocycles. The van der Waals surface area contributed by atoms with E-state index in [9.17, 15) is 0 Å². The molecule has 1 aromatic rings. The molecule has 1 fully saturated rings. The molecule has 0 spiro atoms. The van der Waals surface area contributed by atoms with Crippen LogP contribution in [0.5, 0.6) is 0 Å². The van der Waals surface area contributed by atoms with Crippen LogP contribution in [0.1, 0.15) is 37.9 Å². The van der Waals surface area contributed by atoms with E-state index >= 15 is 0 Å². The first-order chi connectivity index (χ1) is 13.1. The molecule has 0 radical (unpaired) electrons. The van der Waals surface area contributed by atoms with Crippen molar-refractivity contribution < 1.29 is 14.2 Å². The van der Waals surface area contributed by atoms with Gasteiger partial charge in [-0.3, -0.25) is 4.90 Å². The normalized spacial score (nSPS) is 19.0. The standard InChI is InChI=1S/C21H31N3O3/c1-5-6-7-8-24-9-10-26-20(14-24)15-27-18(3)12-21-19(11-17(2)25-4)13-22-16-23-21/h5,11-13,16,20H,1,6-10,14-15H2,2-4H3/b17-11+,18-12+. The van der Waals surface area contributed by atoms with Crippen molar-refractivity contribution in [1.82, 2.24) is 14.9 Å². The van der Waals surface area contributed by atoms with Crippen LogP contribution in [-0.4, -0.2) is 60.9 Å². The summed E-state index contributed by atoms with van der Waals surface area (Å²) in [5.74, 6) is 1.59. The second kappa shape index (κ2) is 11.5. The molecular formula is C21H31N3O3. The molecule has 1 saturated heterocycles. The summed E-state index contributed by atoms with van der Waals surface area (Å²) in [6.45, 7) is 11.9. The Morgan fingerprint density at radius 1 is 1.37 bits per heavy atom. The number of allylic oxidation sites excluding steroid dienone is 3. The molecule has 0 aromatic carbocycles. The maximum absolute atomic E-state index is 5.93. The van der Waals surface area contributed by atoms with E-state index in [1.807, 2.05) is 32.1 Å². The highest BCUT2D eigenvalue weighted by atomic mass is 16.5. The van der Waals surface area contributed by atoms with E-state index in [1.165, 1.54) is 6.33 Å². The fraction of sp³-hybridized carbons (Fsp3) is 0.524. The number of nitrogens with zero attached hydrogens (tertiary/aromatic N) is 3.